The molecule has 0 aliphatic heterocycles. The zero-order valence-corrected chi connectivity index (χ0v) is 10.4. The molecule has 0 radical (unpaired) electrons. The van der Waals surface area contributed by atoms with Crippen LogP contribution in [-0.2, 0) is 16.0 Å². The predicted octanol–water partition coefficient (Wildman–Crippen LogP) is -0.481. The number of hydrogen-bond donors (Lipinski definition) is 3. The fraction of sp³-hybridized carbons (Fsp3) is 0.455. The predicted molar refractivity (Wildman–Crippen MR) is 63.3 cm³/mol. The van der Waals surface area contributed by atoms with Crippen molar-refractivity contribution in [2.75, 3.05) is 0 Å². The summed E-state index contributed by atoms with van der Waals surface area (Å²) in [5, 5.41) is 11.0. The lowest BCUT2D eigenvalue weighted by Gasteiger charge is -2.11. The summed E-state index contributed by atoms with van der Waals surface area (Å²) < 4.78 is 0. The highest BCUT2D eigenvalue weighted by molar-refractivity contribution is 5.84. The second kappa shape index (κ2) is 5.44. The molecule has 7 nitrogen and oxygen atoms in total. The molecule has 0 aliphatic rings. The molecule has 1 rings (SSSR count). The molecule has 0 aromatic carbocycles. The Morgan fingerprint density at radius 2 is 2.06 bits per heavy atom. The van der Waals surface area contributed by atoms with Gasteiger partial charge >= 0.3 is 11.7 Å². The molecule has 0 saturated heterocycles. The van der Waals surface area contributed by atoms with Crippen molar-refractivity contribution in [1.82, 2.24) is 15.3 Å². The van der Waals surface area contributed by atoms with Crippen LogP contribution in [0.3, 0.4) is 0 Å². The van der Waals surface area contributed by atoms with Crippen molar-refractivity contribution in [3.05, 3.63) is 27.4 Å². The lowest BCUT2D eigenvalue weighted by atomic mass is 10.1. The molecule has 98 valence electrons. The van der Waals surface area contributed by atoms with E-state index in [0.29, 0.717) is 17.0 Å². The van der Waals surface area contributed by atoms with Gasteiger partial charge in [0.25, 0.3) is 0 Å². The first-order chi connectivity index (χ1) is 8.31. The fourth-order valence-electron chi connectivity index (χ4n) is 1.53. The highest BCUT2D eigenvalue weighted by Crippen LogP contribution is 2.07. The van der Waals surface area contributed by atoms with Crippen molar-refractivity contribution in [2.24, 2.45) is 0 Å². The number of carbonyl (C=O) groups is 2. The third kappa shape index (κ3) is 3.41. The molecule has 1 aromatic rings. The quantitative estimate of drug-likeness (QED) is 0.670. The molecule has 1 heterocycles. The van der Waals surface area contributed by atoms with Crippen molar-refractivity contribution in [3.63, 3.8) is 0 Å². The monoisotopic (exact) mass is 253 g/mol. The van der Waals surface area contributed by atoms with Crippen LogP contribution in [0.1, 0.15) is 23.9 Å². The third-order valence-corrected chi connectivity index (χ3v) is 2.54. The zero-order chi connectivity index (χ0) is 13.9. The normalized spacial score (nSPS) is 11.9. The van der Waals surface area contributed by atoms with E-state index in [1.807, 2.05) is 0 Å². The summed E-state index contributed by atoms with van der Waals surface area (Å²) in [6, 6.07) is -0.950. The first-order valence-corrected chi connectivity index (χ1v) is 5.40. The number of aryl methyl sites for hydroxylation is 2. The van der Waals surface area contributed by atoms with Crippen LogP contribution in [0, 0.1) is 13.8 Å². The van der Waals surface area contributed by atoms with Gasteiger partial charge in [0.1, 0.15) is 6.04 Å². The maximum atomic E-state index is 11.6. The Labute approximate surface area is 103 Å². The summed E-state index contributed by atoms with van der Waals surface area (Å²) in [5.74, 6) is -1.53. The molecule has 0 saturated carbocycles. The number of carbonyl (C=O) groups excluding carboxylic acids is 1. The second-order valence-electron chi connectivity index (χ2n) is 4.04. The number of carboxylic acids is 1. The molecule has 1 aromatic heterocycles. The Morgan fingerprint density at radius 3 is 2.56 bits per heavy atom. The van der Waals surface area contributed by atoms with Crippen LogP contribution >= 0.6 is 0 Å². The Morgan fingerprint density at radius 1 is 1.44 bits per heavy atom. The topological polar surface area (TPSA) is 112 Å². The first-order valence-electron chi connectivity index (χ1n) is 5.40. The van der Waals surface area contributed by atoms with Gasteiger partial charge < -0.3 is 15.4 Å². The molecule has 0 fully saturated rings. The van der Waals surface area contributed by atoms with E-state index < -0.39 is 23.6 Å². The van der Waals surface area contributed by atoms with Crippen LogP contribution < -0.4 is 11.0 Å². The summed E-state index contributed by atoms with van der Waals surface area (Å²) in [5.41, 5.74) is 1.16. The highest BCUT2D eigenvalue weighted by atomic mass is 16.4. The number of hydrogen-bond acceptors (Lipinski definition) is 4. The number of aromatic amines is 1. The van der Waals surface area contributed by atoms with Crippen molar-refractivity contribution in [2.45, 2.75) is 33.2 Å². The number of H-pyrrole nitrogens is 1. The van der Waals surface area contributed by atoms with Gasteiger partial charge in [0.15, 0.2) is 0 Å². The Hall–Kier alpha value is -2.18. The summed E-state index contributed by atoms with van der Waals surface area (Å²) in [7, 11) is 0. The smallest absolute Gasteiger partial charge is 0.345 e. The van der Waals surface area contributed by atoms with Crippen LogP contribution in [-0.4, -0.2) is 33.0 Å². The fourth-order valence-corrected chi connectivity index (χ4v) is 1.53. The van der Waals surface area contributed by atoms with E-state index in [-0.39, 0.29) is 6.42 Å². The van der Waals surface area contributed by atoms with Gasteiger partial charge in [-0.1, -0.05) is 0 Å². The van der Waals surface area contributed by atoms with Gasteiger partial charge in [0.2, 0.25) is 5.91 Å². The summed E-state index contributed by atoms with van der Waals surface area (Å²) in [6.45, 7) is 4.68. The third-order valence-electron chi connectivity index (χ3n) is 2.54. The summed E-state index contributed by atoms with van der Waals surface area (Å²) in [6.07, 6.45) is -0.0148. The lowest BCUT2D eigenvalue weighted by molar-refractivity contribution is -0.141. The number of aliphatic carboxylic acids is 1. The molecular weight excluding hydrogens is 238 g/mol. The Balaban J connectivity index is 2.83. The zero-order valence-electron chi connectivity index (χ0n) is 10.4. The van der Waals surface area contributed by atoms with Crippen LogP contribution in [0.2, 0.25) is 0 Å². The van der Waals surface area contributed by atoms with Gasteiger partial charge in [0.05, 0.1) is 6.42 Å². The minimum atomic E-state index is -1.10. The van der Waals surface area contributed by atoms with Crippen LogP contribution in [0.4, 0.5) is 0 Å². The van der Waals surface area contributed by atoms with E-state index in [4.69, 9.17) is 5.11 Å². The standard InChI is InChI=1S/C11H15N3O4/c1-5-8(6(2)14-11(18)13-5)4-9(15)12-7(3)10(16)17/h7H,4H2,1-3H3,(H,12,15)(H,16,17)(H,13,14,18)/t7-/m0/s1. The number of nitrogens with one attached hydrogen (secondary N) is 2. The largest absolute Gasteiger partial charge is 0.480 e. The average molecular weight is 253 g/mol. The maximum Gasteiger partial charge on any atom is 0.345 e. The van der Waals surface area contributed by atoms with E-state index in [1.165, 1.54) is 6.92 Å². The molecule has 0 spiro atoms. The van der Waals surface area contributed by atoms with Crippen molar-refractivity contribution in [1.29, 1.82) is 0 Å². The van der Waals surface area contributed by atoms with Crippen LogP contribution in [0.5, 0.6) is 0 Å². The molecule has 18 heavy (non-hydrogen) atoms. The van der Waals surface area contributed by atoms with Crippen LogP contribution in [0.25, 0.3) is 0 Å². The first kappa shape index (κ1) is 13.9. The number of amides is 1. The average Bonchev–Trinajstić information content (AvgIpc) is 2.23. The van der Waals surface area contributed by atoms with E-state index in [0.717, 1.165) is 0 Å². The van der Waals surface area contributed by atoms with Gasteiger partial charge in [-0.05, 0) is 20.8 Å². The van der Waals surface area contributed by atoms with E-state index in [9.17, 15) is 14.4 Å². The molecular formula is C11H15N3O4. The number of rotatable bonds is 4. The van der Waals surface area contributed by atoms with Gasteiger partial charge in [-0.15, -0.1) is 0 Å². The Kier molecular flexibility index (Phi) is 4.19. The Bertz CT molecular complexity index is 509. The number of carboxylic acid groups (broad SMARTS) is 1. The van der Waals surface area contributed by atoms with Gasteiger partial charge in [-0.2, -0.15) is 4.98 Å². The number of aromatic nitrogens is 2. The summed E-state index contributed by atoms with van der Waals surface area (Å²) >= 11 is 0. The van der Waals surface area contributed by atoms with E-state index in [1.54, 1.807) is 13.8 Å². The molecule has 7 heteroatoms. The molecule has 3 N–H and O–H groups in total. The van der Waals surface area contributed by atoms with Crippen molar-refractivity contribution in [3.8, 4) is 0 Å². The minimum absolute atomic E-state index is 0.0148. The van der Waals surface area contributed by atoms with Crippen molar-refractivity contribution < 1.29 is 14.7 Å². The molecule has 0 unspecified atom stereocenters. The van der Waals surface area contributed by atoms with Gasteiger partial charge in [-0.3, -0.25) is 9.59 Å². The van der Waals surface area contributed by atoms with Gasteiger partial charge in [-0.25, -0.2) is 4.79 Å². The van der Waals surface area contributed by atoms with Crippen molar-refractivity contribution >= 4 is 11.9 Å². The van der Waals surface area contributed by atoms with E-state index in [2.05, 4.69) is 15.3 Å². The molecule has 0 aliphatic carbocycles. The molecule has 1 amide bonds. The highest BCUT2D eigenvalue weighted by Gasteiger charge is 2.16. The second-order valence-corrected chi connectivity index (χ2v) is 4.04. The number of nitrogens with zero attached hydrogens (tertiary/aromatic N) is 1. The lowest BCUT2D eigenvalue weighted by Crippen LogP contribution is -2.39. The van der Waals surface area contributed by atoms with E-state index >= 15 is 0 Å². The molecule has 1 atom stereocenters. The molecule has 0 bridgehead atoms. The van der Waals surface area contributed by atoms with Crippen LogP contribution in [0.15, 0.2) is 4.79 Å². The summed E-state index contributed by atoms with van der Waals surface area (Å²) in [4.78, 5) is 39.5. The SMILES string of the molecule is Cc1nc(=O)[nH]c(C)c1CC(=O)N[C@@H](C)C(=O)O. The minimum Gasteiger partial charge on any atom is -0.480 e. The maximum absolute atomic E-state index is 11.6. The van der Waals surface area contributed by atoms with Gasteiger partial charge in [0, 0.05) is 17.0 Å².